The number of carboxylic acid groups (broad SMARTS) is 1. The number of nitrogens with zero attached hydrogens (tertiary/aromatic N) is 1. The van der Waals surface area contributed by atoms with Crippen LogP contribution in [-0.4, -0.2) is 32.7 Å². The Balaban J connectivity index is 1.77. The second-order valence-electron chi connectivity index (χ2n) is 5.82. The largest absolute Gasteiger partial charge is 0.481 e. The van der Waals surface area contributed by atoms with Crippen LogP contribution in [0.15, 0.2) is 59.5 Å². The topological polar surface area (TPSA) is 57.6 Å². The van der Waals surface area contributed by atoms with E-state index in [0.29, 0.717) is 22.2 Å². The Labute approximate surface area is 161 Å². The van der Waals surface area contributed by atoms with Crippen molar-refractivity contribution in [3.8, 4) is 11.1 Å². The molecule has 0 aromatic heterocycles. The molecule has 26 heavy (non-hydrogen) atoms. The van der Waals surface area contributed by atoms with Gasteiger partial charge in [0.05, 0.1) is 4.91 Å². The van der Waals surface area contributed by atoms with Gasteiger partial charge in [0.1, 0.15) is 4.32 Å². The lowest BCUT2D eigenvalue weighted by Crippen LogP contribution is -2.29. The average molecular weight is 383 g/mol. The molecule has 1 saturated heterocycles. The van der Waals surface area contributed by atoms with Crippen LogP contribution in [0.25, 0.3) is 17.2 Å². The maximum Gasteiger partial charge on any atom is 0.303 e. The molecule has 132 valence electrons. The van der Waals surface area contributed by atoms with Gasteiger partial charge in [0.15, 0.2) is 0 Å². The zero-order valence-electron chi connectivity index (χ0n) is 13.9. The Hall–Kier alpha value is -2.44. The van der Waals surface area contributed by atoms with Crippen molar-refractivity contribution in [3.63, 3.8) is 0 Å². The van der Waals surface area contributed by atoms with Crippen molar-refractivity contribution in [2.75, 3.05) is 6.54 Å². The number of carbonyl (C=O) groups is 2. The second kappa shape index (κ2) is 8.29. The summed E-state index contributed by atoms with van der Waals surface area (Å²) in [6, 6.07) is 18.0. The number of thioether (sulfide) groups is 1. The first-order valence-corrected chi connectivity index (χ1v) is 9.40. The molecule has 1 amide bonds. The highest BCUT2D eigenvalue weighted by molar-refractivity contribution is 8.26. The molecule has 0 unspecified atom stereocenters. The normalized spacial score (nSPS) is 15.7. The molecule has 3 rings (SSSR count). The molecule has 0 radical (unpaired) electrons. The van der Waals surface area contributed by atoms with Crippen LogP contribution >= 0.6 is 24.0 Å². The number of hydrogen-bond acceptors (Lipinski definition) is 4. The Morgan fingerprint density at radius 1 is 1.12 bits per heavy atom. The molecule has 1 fully saturated rings. The van der Waals surface area contributed by atoms with Crippen LogP contribution in [0.5, 0.6) is 0 Å². The van der Waals surface area contributed by atoms with Crippen molar-refractivity contribution in [1.82, 2.24) is 4.90 Å². The molecule has 0 bridgehead atoms. The number of thiocarbonyl (C=S) groups is 1. The third-order valence-electron chi connectivity index (χ3n) is 3.94. The van der Waals surface area contributed by atoms with Crippen LogP contribution in [0.3, 0.4) is 0 Å². The van der Waals surface area contributed by atoms with Gasteiger partial charge in [0.2, 0.25) is 0 Å². The molecule has 0 saturated carbocycles. The van der Waals surface area contributed by atoms with Gasteiger partial charge in [-0.1, -0.05) is 72.5 Å². The van der Waals surface area contributed by atoms with Gasteiger partial charge >= 0.3 is 5.97 Å². The summed E-state index contributed by atoms with van der Waals surface area (Å²) in [6.07, 6.45) is 2.25. The van der Waals surface area contributed by atoms with Crippen molar-refractivity contribution in [2.24, 2.45) is 0 Å². The summed E-state index contributed by atoms with van der Waals surface area (Å²) >= 11 is 6.53. The third-order valence-corrected chi connectivity index (χ3v) is 5.32. The van der Waals surface area contributed by atoms with Crippen molar-refractivity contribution in [2.45, 2.75) is 12.8 Å². The van der Waals surface area contributed by atoms with Gasteiger partial charge < -0.3 is 5.11 Å². The van der Waals surface area contributed by atoms with Crippen LogP contribution < -0.4 is 0 Å². The molecule has 2 aromatic carbocycles. The first kappa shape index (κ1) is 18.4. The minimum atomic E-state index is -0.872. The maximum absolute atomic E-state index is 12.6. The number of hydrogen-bond donors (Lipinski definition) is 1. The summed E-state index contributed by atoms with van der Waals surface area (Å²) in [4.78, 5) is 25.2. The Morgan fingerprint density at radius 3 is 2.58 bits per heavy atom. The van der Waals surface area contributed by atoms with Gasteiger partial charge in [-0.25, -0.2) is 0 Å². The molecule has 1 N–H and O–H groups in total. The van der Waals surface area contributed by atoms with Crippen LogP contribution in [0.4, 0.5) is 0 Å². The van der Waals surface area contributed by atoms with Crippen molar-refractivity contribution in [1.29, 1.82) is 0 Å². The smallest absolute Gasteiger partial charge is 0.303 e. The van der Waals surface area contributed by atoms with E-state index < -0.39 is 5.97 Å². The fourth-order valence-corrected chi connectivity index (χ4v) is 3.98. The molecule has 1 aliphatic rings. The van der Waals surface area contributed by atoms with E-state index in [4.69, 9.17) is 17.3 Å². The minimum Gasteiger partial charge on any atom is -0.481 e. The molecule has 0 atom stereocenters. The summed E-state index contributed by atoms with van der Waals surface area (Å²) in [6.45, 7) is 0.332. The van der Waals surface area contributed by atoms with E-state index >= 15 is 0 Å². The lowest BCUT2D eigenvalue weighted by Gasteiger charge is -2.13. The molecule has 4 nitrogen and oxygen atoms in total. The number of carbonyl (C=O) groups excluding carboxylic acids is 1. The molecule has 0 aliphatic carbocycles. The van der Waals surface area contributed by atoms with E-state index in [1.54, 1.807) is 0 Å². The summed E-state index contributed by atoms with van der Waals surface area (Å²) in [5.41, 5.74) is 3.12. The molecule has 1 aliphatic heterocycles. The van der Waals surface area contributed by atoms with E-state index in [1.807, 2.05) is 60.7 Å². The highest BCUT2D eigenvalue weighted by atomic mass is 32.2. The zero-order valence-corrected chi connectivity index (χ0v) is 15.6. The number of aliphatic carboxylic acids is 1. The van der Waals surface area contributed by atoms with Gasteiger partial charge in [-0.3, -0.25) is 14.5 Å². The molecule has 0 spiro atoms. The van der Waals surface area contributed by atoms with E-state index in [-0.39, 0.29) is 12.3 Å². The molecule has 1 heterocycles. The predicted molar refractivity (Wildman–Crippen MR) is 109 cm³/mol. The Bertz CT molecular complexity index is 878. The van der Waals surface area contributed by atoms with Gasteiger partial charge in [0, 0.05) is 13.0 Å². The Morgan fingerprint density at radius 2 is 1.85 bits per heavy atom. The van der Waals surface area contributed by atoms with Gasteiger partial charge in [-0.05, 0) is 35.3 Å². The summed E-state index contributed by atoms with van der Waals surface area (Å²) in [7, 11) is 0. The van der Waals surface area contributed by atoms with Crippen LogP contribution in [0.2, 0.25) is 0 Å². The minimum absolute atomic E-state index is 0.0230. The van der Waals surface area contributed by atoms with Crippen LogP contribution in [0.1, 0.15) is 18.4 Å². The fraction of sp³-hybridized carbons (Fsp3) is 0.150. The SMILES string of the molecule is O=C(O)CCCN1C(=O)/C(=C/c2cccc(-c3ccccc3)c2)SC1=S. The van der Waals surface area contributed by atoms with E-state index in [2.05, 4.69) is 0 Å². The third kappa shape index (κ3) is 4.39. The number of rotatable bonds is 6. The molecular formula is C20H17NO3S2. The van der Waals surface area contributed by atoms with Crippen molar-refractivity contribution < 1.29 is 14.7 Å². The standard InChI is InChI=1S/C20H17NO3S2/c22-18(23)10-5-11-21-19(24)17(26-20(21)25)13-14-6-4-9-16(12-14)15-7-2-1-3-8-15/h1-4,6-9,12-13H,5,10-11H2,(H,22,23)/b17-13-. The first-order chi connectivity index (χ1) is 12.5. The molecule has 2 aromatic rings. The summed E-state index contributed by atoms with van der Waals surface area (Å²) in [5.74, 6) is -1.03. The van der Waals surface area contributed by atoms with Gasteiger partial charge in [-0.15, -0.1) is 0 Å². The van der Waals surface area contributed by atoms with Crippen molar-refractivity contribution >= 4 is 46.3 Å². The Kier molecular flexibility index (Phi) is 5.85. The lowest BCUT2D eigenvalue weighted by atomic mass is 10.0. The molecule has 6 heteroatoms. The van der Waals surface area contributed by atoms with E-state index in [1.165, 1.54) is 16.7 Å². The first-order valence-electron chi connectivity index (χ1n) is 8.17. The van der Waals surface area contributed by atoms with Gasteiger partial charge in [0.25, 0.3) is 5.91 Å². The fourth-order valence-electron chi connectivity index (χ4n) is 2.67. The van der Waals surface area contributed by atoms with Crippen LogP contribution in [-0.2, 0) is 9.59 Å². The van der Waals surface area contributed by atoms with Crippen molar-refractivity contribution in [3.05, 3.63) is 65.1 Å². The zero-order chi connectivity index (χ0) is 18.5. The number of benzene rings is 2. The highest BCUT2D eigenvalue weighted by Crippen LogP contribution is 2.33. The van der Waals surface area contributed by atoms with Crippen LogP contribution in [0, 0.1) is 0 Å². The number of carboxylic acids is 1. The monoisotopic (exact) mass is 383 g/mol. The highest BCUT2D eigenvalue weighted by Gasteiger charge is 2.31. The summed E-state index contributed by atoms with van der Waals surface area (Å²) in [5, 5.41) is 8.73. The van der Waals surface area contributed by atoms with E-state index in [9.17, 15) is 9.59 Å². The van der Waals surface area contributed by atoms with E-state index in [0.717, 1.165) is 16.7 Å². The summed E-state index contributed by atoms with van der Waals surface area (Å²) < 4.78 is 0.478. The predicted octanol–water partition coefficient (Wildman–Crippen LogP) is 4.42. The average Bonchev–Trinajstić information content (AvgIpc) is 2.90. The quantitative estimate of drug-likeness (QED) is 0.591. The number of amides is 1. The molecular weight excluding hydrogens is 366 g/mol. The van der Waals surface area contributed by atoms with Gasteiger partial charge in [-0.2, -0.15) is 0 Å². The maximum atomic E-state index is 12.6. The lowest BCUT2D eigenvalue weighted by molar-refractivity contribution is -0.137. The second-order valence-corrected chi connectivity index (χ2v) is 7.50.